The second-order valence-electron chi connectivity index (χ2n) is 6.88. The zero-order chi connectivity index (χ0) is 22.4. The van der Waals surface area contributed by atoms with Gasteiger partial charge in [0.05, 0.1) is 17.7 Å². The molecule has 0 aliphatic carbocycles. The van der Waals surface area contributed by atoms with Crippen molar-refractivity contribution in [1.82, 2.24) is 0 Å². The minimum absolute atomic E-state index is 0.0245. The van der Waals surface area contributed by atoms with Crippen molar-refractivity contribution in [2.75, 3.05) is 11.4 Å². The van der Waals surface area contributed by atoms with Crippen LogP contribution in [0.25, 0.3) is 0 Å². The number of anilines is 1. The van der Waals surface area contributed by atoms with Crippen molar-refractivity contribution in [1.29, 1.82) is 0 Å². The maximum absolute atomic E-state index is 13.4. The number of aryl methyl sites for hydroxylation is 1. The van der Waals surface area contributed by atoms with Gasteiger partial charge in [-0.2, -0.15) is 4.31 Å². The molecule has 31 heavy (non-hydrogen) atoms. The molecule has 0 saturated carbocycles. The molecular formula is C24H25NO5S. The Labute approximate surface area is 183 Å². The molecule has 0 saturated heterocycles. The van der Waals surface area contributed by atoms with E-state index in [9.17, 15) is 13.2 Å². The number of ether oxygens (including phenoxy) is 2. The first-order chi connectivity index (χ1) is 14.9. The maximum atomic E-state index is 13.4. The van der Waals surface area contributed by atoms with E-state index < -0.39 is 22.0 Å². The van der Waals surface area contributed by atoms with Crippen LogP contribution < -0.4 is 13.8 Å². The van der Waals surface area contributed by atoms with Crippen LogP contribution in [0.1, 0.15) is 19.4 Å². The highest BCUT2D eigenvalue weighted by atomic mass is 32.2. The van der Waals surface area contributed by atoms with Crippen LogP contribution in [0.2, 0.25) is 0 Å². The Balaban J connectivity index is 1.99. The zero-order valence-corrected chi connectivity index (χ0v) is 18.5. The number of carbonyl (C=O) groups is 1. The van der Waals surface area contributed by atoms with Gasteiger partial charge >= 0.3 is 0 Å². The van der Waals surface area contributed by atoms with Crippen molar-refractivity contribution < 1.29 is 22.7 Å². The van der Waals surface area contributed by atoms with Crippen molar-refractivity contribution in [3.63, 3.8) is 0 Å². The number of amides is 1. The van der Waals surface area contributed by atoms with E-state index in [1.807, 2.05) is 19.1 Å². The number of sulfonamides is 1. The molecule has 0 heterocycles. The van der Waals surface area contributed by atoms with Crippen molar-refractivity contribution in [2.24, 2.45) is 0 Å². The number of hydrogen-bond donors (Lipinski definition) is 0. The first-order valence-corrected chi connectivity index (χ1v) is 11.3. The Bertz CT molecular complexity index is 1130. The fraction of sp³-hybridized carbons (Fsp3) is 0.208. The molecule has 0 aromatic heterocycles. The van der Waals surface area contributed by atoms with Gasteiger partial charge in [-0.15, -0.1) is 0 Å². The molecule has 0 aliphatic heterocycles. The third-order valence-corrected chi connectivity index (χ3v) is 6.50. The Hall–Kier alpha value is -3.32. The molecule has 0 spiro atoms. The van der Waals surface area contributed by atoms with Crippen LogP contribution in [-0.2, 0) is 21.2 Å². The van der Waals surface area contributed by atoms with E-state index in [1.54, 1.807) is 54.6 Å². The van der Waals surface area contributed by atoms with Crippen LogP contribution in [-0.4, -0.2) is 27.5 Å². The molecular weight excluding hydrogens is 414 g/mol. The summed E-state index contributed by atoms with van der Waals surface area (Å²) in [4.78, 5) is 13.4. The summed E-state index contributed by atoms with van der Waals surface area (Å²) < 4.78 is 38.6. The number of benzene rings is 3. The van der Waals surface area contributed by atoms with Crippen molar-refractivity contribution >= 4 is 21.6 Å². The fourth-order valence-corrected chi connectivity index (χ4v) is 4.54. The van der Waals surface area contributed by atoms with Gasteiger partial charge in [-0.3, -0.25) is 4.79 Å². The predicted octanol–water partition coefficient (Wildman–Crippen LogP) is 4.45. The normalized spacial score (nSPS) is 12.1. The van der Waals surface area contributed by atoms with Crippen molar-refractivity contribution in [3.8, 4) is 11.5 Å². The molecule has 6 nitrogen and oxygen atoms in total. The van der Waals surface area contributed by atoms with E-state index in [1.165, 1.54) is 26.2 Å². The molecule has 3 rings (SSSR count). The number of rotatable bonds is 8. The summed E-state index contributed by atoms with van der Waals surface area (Å²) in [6.45, 7) is 3.53. The Morgan fingerprint density at radius 1 is 0.935 bits per heavy atom. The average molecular weight is 440 g/mol. The third-order valence-electron chi connectivity index (χ3n) is 4.76. The largest absolute Gasteiger partial charge is 0.497 e. The molecule has 1 amide bonds. The Morgan fingerprint density at radius 3 is 2.19 bits per heavy atom. The first-order valence-electron chi connectivity index (χ1n) is 9.90. The summed E-state index contributed by atoms with van der Waals surface area (Å²) >= 11 is 0. The van der Waals surface area contributed by atoms with Gasteiger partial charge in [0.1, 0.15) is 11.5 Å². The summed E-state index contributed by atoms with van der Waals surface area (Å²) in [7, 11) is -2.61. The van der Waals surface area contributed by atoms with Crippen LogP contribution >= 0.6 is 0 Å². The minimum atomic E-state index is -4.14. The fourth-order valence-electron chi connectivity index (χ4n) is 3.04. The van der Waals surface area contributed by atoms with E-state index in [0.29, 0.717) is 11.5 Å². The molecule has 0 fully saturated rings. The number of hydrogen-bond acceptors (Lipinski definition) is 5. The van der Waals surface area contributed by atoms with Gasteiger partial charge in [-0.25, -0.2) is 8.42 Å². The molecule has 3 aromatic carbocycles. The topological polar surface area (TPSA) is 72.9 Å². The van der Waals surface area contributed by atoms with Crippen molar-refractivity contribution in [3.05, 3.63) is 84.4 Å². The van der Waals surface area contributed by atoms with Gasteiger partial charge in [0.15, 0.2) is 6.10 Å². The van der Waals surface area contributed by atoms with Crippen molar-refractivity contribution in [2.45, 2.75) is 31.3 Å². The number of nitrogens with zero attached hydrogens (tertiary/aromatic N) is 1. The minimum Gasteiger partial charge on any atom is -0.497 e. The smallest absolute Gasteiger partial charge is 0.281 e. The van der Waals surface area contributed by atoms with Crippen LogP contribution in [0, 0.1) is 0 Å². The molecule has 0 aliphatic rings. The quantitative estimate of drug-likeness (QED) is 0.519. The third kappa shape index (κ3) is 5.06. The lowest BCUT2D eigenvalue weighted by Gasteiger charge is -2.26. The maximum Gasteiger partial charge on any atom is 0.281 e. The van der Waals surface area contributed by atoms with Gasteiger partial charge in [-0.1, -0.05) is 43.3 Å². The van der Waals surface area contributed by atoms with Crippen LogP contribution in [0.3, 0.4) is 0 Å². The molecule has 0 N–H and O–H groups in total. The molecule has 0 radical (unpaired) electrons. The van der Waals surface area contributed by atoms with Gasteiger partial charge in [0, 0.05) is 6.07 Å². The predicted molar refractivity (Wildman–Crippen MR) is 120 cm³/mol. The summed E-state index contributed by atoms with van der Waals surface area (Å²) in [5.41, 5.74) is 1.29. The number of methoxy groups -OCH3 is 1. The molecule has 0 bridgehead atoms. The Kier molecular flexibility index (Phi) is 6.97. The van der Waals surface area contributed by atoms with Crippen LogP contribution in [0.4, 0.5) is 5.69 Å². The SMILES string of the molecule is CCc1ccc(N(C(=O)C(C)Oc2cccc(OC)c2)S(=O)(=O)c2ccccc2)cc1. The monoisotopic (exact) mass is 439 g/mol. The first kappa shape index (κ1) is 22.4. The van der Waals surface area contributed by atoms with E-state index in [2.05, 4.69) is 0 Å². The summed E-state index contributed by atoms with van der Waals surface area (Å²) in [6, 6.07) is 21.6. The highest BCUT2D eigenvalue weighted by Gasteiger charge is 2.34. The summed E-state index contributed by atoms with van der Waals surface area (Å²) in [6.07, 6.45) is -0.258. The van der Waals surface area contributed by atoms with E-state index in [0.717, 1.165) is 16.3 Å². The molecule has 1 atom stereocenters. The van der Waals surface area contributed by atoms with E-state index in [-0.39, 0.29) is 10.6 Å². The Morgan fingerprint density at radius 2 is 1.58 bits per heavy atom. The lowest BCUT2D eigenvalue weighted by atomic mass is 10.1. The summed E-state index contributed by atoms with van der Waals surface area (Å²) in [5.74, 6) is 0.274. The lowest BCUT2D eigenvalue weighted by Crippen LogP contribution is -2.44. The van der Waals surface area contributed by atoms with Gasteiger partial charge in [0.2, 0.25) is 0 Å². The molecule has 7 heteroatoms. The van der Waals surface area contributed by atoms with Crippen LogP contribution in [0.15, 0.2) is 83.8 Å². The standard InChI is InChI=1S/C24H25NO5S/c1-4-19-13-15-20(16-14-19)25(31(27,28)23-11-6-5-7-12-23)24(26)18(2)30-22-10-8-9-21(17-22)29-3/h5-18H,4H2,1-3H3. The highest BCUT2D eigenvalue weighted by molar-refractivity contribution is 7.93. The van der Waals surface area contributed by atoms with E-state index in [4.69, 9.17) is 9.47 Å². The average Bonchev–Trinajstić information content (AvgIpc) is 2.80. The molecule has 3 aromatic rings. The van der Waals surface area contributed by atoms with Crippen LogP contribution in [0.5, 0.6) is 11.5 Å². The summed E-state index contributed by atoms with van der Waals surface area (Å²) in [5, 5.41) is 0. The molecule has 1 unspecified atom stereocenters. The van der Waals surface area contributed by atoms with Gasteiger partial charge in [-0.05, 0) is 55.3 Å². The van der Waals surface area contributed by atoms with E-state index >= 15 is 0 Å². The lowest BCUT2D eigenvalue weighted by molar-refractivity contribution is -0.123. The zero-order valence-electron chi connectivity index (χ0n) is 17.7. The second-order valence-corrected chi connectivity index (χ2v) is 8.67. The van der Waals surface area contributed by atoms with Gasteiger partial charge in [0.25, 0.3) is 15.9 Å². The highest BCUT2D eigenvalue weighted by Crippen LogP contribution is 2.27. The van der Waals surface area contributed by atoms with Gasteiger partial charge < -0.3 is 9.47 Å². The second kappa shape index (κ2) is 9.66. The molecule has 162 valence electrons. The number of carbonyl (C=O) groups excluding carboxylic acids is 1.